The fourth-order valence-corrected chi connectivity index (χ4v) is 2.08. The molecule has 1 aromatic heterocycles. The molecule has 0 radical (unpaired) electrons. The van der Waals surface area contributed by atoms with E-state index in [0.29, 0.717) is 24.2 Å². The molecule has 3 rings (SSSR count). The summed E-state index contributed by atoms with van der Waals surface area (Å²) in [6.07, 6.45) is 0.349. The zero-order chi connectivity index (χ0) is 14.1. The Labute approximate surface area is 114 Å². The average Bonchev–Trinajstić information content (AvgIpc) is 2.92. The zero-order valence-electron chi connectivity index (χ0n) is 10.9. The molecule has 5 nitrogen and oxygen atoms in total. The molecule has 6 heteroatoms. The van der Waals surface area contributed by atoms with E-state index in [-0.39, 0.29) is 29.9 Å². The van der Waals surface area contributed by atoms with Gasteiger partial charge in [-0.2, -0.15) is 4.98 Å². The van der Waals surface area contributed by atoms with Crippen LogP contribution in [0.5, 0.6) is 0 Å². The second-order valence-electron chi connectivity index (χ2n) is 4.76. The van der Waals surface area contributed by atoms with Crippen molar-refractivity contribution in [1.29, 1.82) is 0 Å². The maximum Gasteiger partial charge on any atom is 0.239 e. The lowest BCUT2D eigenvalue weighted by Crippen LogP contribution is -2.25. The Morgan fingerprint density at radius 2 is 2.25 bits per heavy atom. The third kappa shape index (κ3) is 2.34. The molecule has 1 atom stereocenters. The maximum atomic E-state index is 13.5. The van der Waals surface area contributed by atoms with E-state index in [2.05, 4.69) is 10.1 Å². The molecule has 104 valence electrons. The fourth-order valence-electron chi connectivity index (χ4n) is 2.08. The lowest BCUT2D eigenvalue weighted by molar-refractivity contribution is -0.127. The van der Waals surface area contributed by atoms with Crippen molar-refractivity contribution in [2.24, 2.45) is 0 Å². The molecule has 0 N–H and O–H groups in total. The second-order valence-corrected chi connectivity index (χ2v) is 4.76. The highest BCUT2D eigenvalue weighted by Crippen LogP contribution is 2.24. The van der Waals surface area contributed by atoms with Gasteiger partial charge in [0.1, 0.15) is 17.5 Å². The molecule has 20 heavy (non-hydrogen) atoms. The minimum atomic E-state index is -0.514. The highest BCUT2D eigenvalue weighted by atomic mass is 19.1. The monoisotopic (exact) mass is 276 g/mol. The Kier molecular flexibility index (Phi) is 3.31. The van der Waals surface area contributed by atoms with Crippen LogP contribution in [0.1, 0.15) is 23.8 Å². The van der Waals surface area contributed by atoms with E-state index >= 15 is 0 Å². The first kappa shape index (κ1) is 12.9. The number of aryl methyl sites for hydroxylation is 1. The normalized spacial score (nSPS) is 19.3. The number of Topliss-reactive ketones (excluding diaryl/α,β-unsaturated/α-hetero) is 1. The van der Waals surface area contributed by atoms with Crippen LogP contribution in [0, 0.1) is 12.7 Å². The number of ketones is 1. The number of carbonyl (C=O) groups excluding carboxylic acids is 1. The number of rotatable bonds is 2. The molecule has 0 aliphatic carbocycles. The van der Waals surface area contributed by atoms with E-state index in [1.807, 2.05) is 0 Å². The molecular weight excluding hydrogens is 263 g/mol. The first-order valence-electron chi connectivity index (χ1n) is 6.36. The van der Waals surface area contributed by atoms with Crippen molar-refractivity contribution in [3.05, 3.63) is 35.5 Å². The zero-order valence-corrected chi connectivity index (χ0v) is 10.9. The van der Waals surface area contributed by atoms with Gasteiger partial charge < -0.3 is 9.26 Å². The maximum absolute atomic E-state index is 13.5. The molecule has 1 saturated heterocycles. The van der Waals surface area contributed by atoms with Crippen LogP contribution in [0.2, 0.25) is 0 Å². The lowest BCUT2D eigenvalue weighted by Gasteiger charge is -2.16. The van der Waals surface area contributed by atoms with Crippen LogP contribution < -0.4 is 0 Å². The van der Waals surface area contributed by atoms with E-state index in [4.69, 9.17) is 9.26 Å². The van der Waals surface area contributed by atoms with Crippen LogP contribution in [-0.4, -0.2) is 29.1 Å². The van der Waals surface area contributed by atoms with Crippen LogP contribution in [0.4, 0.5) is 4.39 Å². The highest BCUT2D eigenvalue weighted by Gasteiger charge is 2.29. The van der Waals surface area contributed by atoms with Crippen LogP contribution in [0.15, 0.2) is 22.7 Å². The quantitative estimate of drug-likeness (QED) is 0.841. The molecule has 1 aliphatic rings. The van der Waals surface area contributed by atoms with Crippen molar-refractivity contribution >= 4 is 5.78 Å². The van der Waals surface area contributed by atoms with Gasteiger partial charge in [-0.05, 0) is 18.6 Å². The highest BCUT2D eigenvalue weighted by molar-refractivity contribution is 5.85. The molecule has 0 bridgehead atoms. The van der Waals surface area contributed by atoms with E-state index in [1.165, 1.54) is 6.07 Å². The standard InChI is InChI=1S/C14H13FN2O3/c1-8-2-3-9(6-11(8)15)13-16-14(20-17-13)10-7-19-5-4-12(10)18/h2-3,6,10H,4-5,7H2,1H3. The Morgan fingerprint density at radius 1 is 1.40 bits per heavy atom. The number of ether oxygens (including phenoxy) is 1. The van der Waals surface area contributed by atoms with E-state index in [9.17, 15) is 9.18 Å². The summed E-state index contributed by atoms with van der Waals surface area (Å²) in [5.41, 5.74) is 1.07. The lowest BCUT2D eigenvalue weighted by atomic mass is 10.0. The summed E-state index contributed by atoms with van der Waals surface area (Å²) in [6, 6.07) is 4.71. The molecule has 1 aromatic carbocycles. The summed E-state index contributed by atoms with van der Waals surface area (Å²) in [4.78, 5) is 16.0. The van der Waals surface area contributed by atoms with Crippen molar-refractivity contribution < 1.29 is 18.4 Å². The summed E-state index contributed by atoms with van der Waals surface area (Å²) in [5, 5.41) is 3.81. The molecule has 2 heterocycles. The van der Waals surface area contributed by atoms with Gasteiger partial charge in [0.2, 0.25) is 11.7 Å². The Bertz CT molecular complexity index is 654. The van der Waals surface area contributed by atoms with Crippen molar-refractivity contribution in [3.8, 4) is 11.4 Å². The van der Waals surface area contributed by atoms with Crippen LogP contribution in [0.25, 0.3) is 11.4 Å². The third-order valence-electron chi connectivity index (χ3n) is 3.34. The van der Waals surface area contributed by atoms with E-state index in [0.717, 1.165) is 0 Å². The predicted molar refractivity (Wildman–Crippen MR) is 67.6 cm³/mol. The summed E-state index contributed by atoms with van der Waals surface area (Å²) >= 11 is 0. The minimum absolute atomic E-state index is 0.0292. The van der Waals surface area contributed by atoms with Gasteiger partial charge in [-0.1, -0.05) is 17.3 Å². The molecule has 1 unspecified atom stereocenters. The van der Waals surface area contributed by atoms with Crippen molar-refractivity contribution in [1.82, 2.24) is 10.1 Å². The largest absolute Gasteiger partial charge is 0.380 e. The number of hydrogen-bond acceptors (Lipinski definition) is 5. The average molecular weight is 276 g/mol. The summed E-state index contributed by atoms with van der Waals surface area (Å²) in [5.74, 6) is -0.310. The van der Waals surface area contributed by atoms with Gasteiger partial charge in [0.25, 0.3) is 0 Å². The van der Waals surface area contributed by atoms with Gasteiger partial charge in [0.05, 0.1) is 13.2 Å². The van der Waals surface area contributed by atoms with E-state index in [1.54, 1.807) is 19.1 Å². The Morgan fingerprint density at radius 3 is 3.00 bits per heavy atom. The second kappa shape index (κ2) is 5.13. The van der Waals surface area contributed by atoms with E-state index < -0.39 is 5.92 Å². The van der Waals surface area contributed by atoms with Gasteiger partial charge in [0, 0.05) is 12.0 Å². The summed E-state index contributed by atoms with van der Waals surface area (Å²) in [7, 11) is 0. The Hall–Kier alpha value is -2.08. The fraction of sp³-hybridized carbons (Fsp3) is 0.357. The van der Waals surface area contributed by atoms with Crippen LogP contribution in [0.3, 0.4) is 0 Å². The number of nitrogens with zero attached hydrogens (tertiary/aromatic N) is 2. The van der Waals surface area contributed by atoms with Gasteiger partial charge in [-0.3, -0.25) is 4.79 Å². The SMILES string of the molecule is Cc1ccc(-c2noc(C3COCCC3=O)n2)cc1F. The minimum Gasteiger partial charge on any atom is -0.380 e. The van der Waals surface area contributed by atoms with Gasteiger partial charge >= 0.3 is 0 Å². The number of hydrogen-bond donors (Lipinski definition) is 0. The molecule has 0 amide bonds. The molecular formula is C14H13FN2O3. The first-order valence-corrected chi connectivity index (χ1v) is 6.36. The number of halogens is 1. The van der Waals surface area contributed by atoms with Crippen molar-refractivity contribution in [2.45, 2.75) is 19.3 Å². The van der Waals surface area contributed by atoms with Gasteiger partial charge in [-0.25, -0.2) is 4.39 Å². The number of benzene rings is 1. The number of carbonyl (C=O) groups is 1. The molecule has 0 saturated carbocycles. The first-order chi connectivity index (χ1) is 9.65. The summed E-state index contributed by atoms with van der Waals surface area (Å²) < 4.78 is 23.9. The molecule has 0 spiro atoms. The Balaban J connectivity index is 1.89. The molecule has 1 aliphatic heterocycles. The molecule has 2 aromatic rings. The summed E-state index contributed by atoms with van der Waals surface area (Å²) in [6.45, 7) is 2.36. The molecule has 1 fully saturated rings. The van der Waals surface area contributed by atoms with Crippen LogP contribution in [-0.2, 0) is 9.53 Å². The van der Waals surface area contributed by atoms with Crippen molar-refractivity contribution in [2.75, 3.05) is 13.2 Å². The van der Waals surface area contributed by atoms with Gasteiger partial charge in [-0.15, -0.1) is 0 Å². The van der Waals surface area contributed by atoms with Crippen molar-refractivity contribution in [3.63, 3.8) is 0 Å². The predicted octanol–water partition coefficient (Wildman–Crippen LogP) is 2.26. The topological polar surface area (TPSA) is 65.2 Å². The third-order valence-corrected chi connectivity index (χ3v) is 3.34. The smallest absolute Gasteiger partial charge is 0.239 e. The van der Waals surface area contributed by atoms with Gasteiger partial charge in [0.15, 0.2) is 0 Å². The van der Waals surface area contributed by atoms with Crippen LogP contribution >= 0.6 is 0 Å². The number of aromatic nitrogens is 2.